The number of hydrogen-bond acceptors (Lipinski definition) is 5. The van der Waals surface area contributed by atoms with Gasteiger partial charge in [-0.1, -0.05) is 18.2 Å². The predicted octanol–water partition coefficient (Wildman–Crippen LogP) is 4.09. The Bertz CT molecular complexity index is 1240. The maximum Gasteiger partial charge on any atom is 0.409 e. The lowest BCUT2D eigenvalue weighted by Crippen LogP contribution is -2.12. The minimum Gasteiger partial charge on any atom is -0.465 e. The quantitative estimate of drug-likeness (QED) is 0.538. The molecule has 136 valence electrons. The number of rotatable bonds is 4. The Balaban J connectivity index is 1.90. The average Bonchev–Trinajstić information content (AvgIpc) is 3.26. The standard InChI is InChI=1S/C18H13N3O4S2/c22-18(23)20-16-9-12(11-26-16)15-10-21(17-14(15)7-4-8-19-17)27(24,25)13-5-2-1-3-6-13/h1-11,20H,(H,22,23). The molecule has 2 N–H and O–H groups in total. The molecule has 0 saturated carbocycles. The first-order valence-corrected chi connectivity index (χ1v) is 10.1. The molecular weight excluding hydrogens is 386 g/mol. The highest BCUT2D eigenvalue weighted by Crippen LogP contribution is 2.35. The Morgan fingerprint density at radius 3 is 2.67 bits per heavy atom. The van der Waals surface area contributed by atoms with Gasteiger partial charge in [0.25, 0.3) is 10.0 Å². The molecule has 0 spiro atoms. The fourth-order valence-corrected chi connectivity index (χ4v) is 4.93. The van der Waals surface area contributed by atoms with Crippen molar-refractivity contribution in [1.82, 2.24) is 8.96 Å². The summed E-state index contributed by atoms with van der Waals surface area (Å²) in [6.45, 7) is 0. The summed E-state index contributed by atoms with van der Waals surface area (Å²) in [6, 6.07) is 13.3. The van der Waals surface area contributed by atoms with E-state index in [1.807, 2.05) is 0 Å². The Hall–Kier alpha value is -3.17. The molecule has 0 bridgehead atoms. The number of nitrogens with zero attached hydrogens (tertiary/aromatic N) is 2. The van der Waals surface area contributed by atoms with E-state index in [1.54, 1.807) is 41.8 Å². The number of anilines is 1. The third-order valence-electron chi connectivity index (χ3n) is 3.97. The summed E-state index contributed by atoms with van der Waals surface area (Å²) in [5.74, 6) is 0. The van der Waals surface area contributed by atoms with Gasteiger partial charge in [0.15, 0.2) is 5.65 Å². The van der Waals surface area contributed by atoms with Crippen molar-refractivity contribution in [2.24, 2.45) is 0 Å². The Kier molecular flexibility index (Phi) is 4.17. The lowest BCUT2D eigenvalue weighted by molar-refractivity contribution is 0.210. The molecule has 1 amide bonds. The van der Waals surface area contributed by atoms with Gasteiger partial charge in [-0.25, -0.2) is 22.2 Å². The van der Waals surface area contributed by atoms with Crippen molar-refractivity contribution < 1.29 is 18.3 Å². The zero-order valence-electron chi connectivity index (χ0n) is 13.7. The molecule has 0 unspecified atom stereocenters. The smallest absolute Gasteiger partial charge is 0.409 e. The largest absolute Gasteiger partial charge is 0.465 e. The van der Waals surface area contributed by atoms with Crippen LogP contribution in [0, 0.1) is 0 Å². The SMILES string of the molecule is O=C(O)Nc1cc(-c2cn(S(=O)(=O)c3ccccc3)c3ncccc23)cs1. The first-order valence-electron chi connectivity index (χ1n) is 7.82. The summed E-state index contributed by atoms with van der Waals surface area (Å²) in [7, 11) is -3.82. The van der Waals surface area contributed by atoms with Gasteiger partial charge in [0, 0.05) is 28.7 Å². The van der Waals surface area contributed by atoms with E-state index in [4.69, 9.17) is 5.11 Å². The second kappa shape index (κ2) is 6.53. The van der Waals surface area contributed by atoms with E-state index in [1.165, 1.54) is 35.9 Å². The second-order valence-electron chi connectivity index (χ2n) is 5.66. The molecule has 0 fully saturated rings. The first-order chi connectivity index (χ1) is 13.0. The molecule has 3 aromatic heterocycles. The van der Waals surface area contributed by atoms with E-state index in [-0.39, 0.29) is 4.90 Å². The van der Waals surface area contributed by atoms with Crippen LogP contribution in [0.5, 0.6) is 0 Å². The minimum atomic E-state index is -3.82. The molecule has 0 aliphatic rings. The molecule has 0 radical (unpaired) electrons. The van der Waals surface area contributed by atoms with Gasteiger partial charge in [-0.05, 0) is 35.9 Å². The molecule has 0 saturated heterocycles. The van der Waals surface area contributed by atoms with Gasteiger partial charge in [0.05, 0.1) is 9.90 Å². The number of amides is 1. The summed E-state index contributed by atoms with van der Waals surface area (Å²) in [6.07, 6.45) is 1.90. The van der Waals surface area contributed by atoms with Crippen LogP contribution in [0.15, 0.2) is 71.2 Å². The van der Waals surface area contributed by atoms with Crippen LogP contribution in [0.2, 0.25) is 0 Å². The van der Waals surface area contributed by atoms with Gasteiger partial charge in [-0.15, -0.1) is 11.3 Å². The highest BCUT2D eigenvalue weighted by Gasteiger charge is 2.22. The number of nitrogens with one attached hydrogen (secondary N) is 1. The van der Waals surface area contributed by atoms with Gasteiger partial charge in [0.1, 0.15) is 0 Å². The number of carboxylic acid groups (broad SMARTS) is 1. The Morgan fingerprint density at radius 1 is 1.15 bits per heavy atom. The normalized spacial score (nSPS) is 11.6. The monoisotopic (exact) mass is 399 g/mol. The van der Waals surface area contributed by atoms with Crippen LogP contribution in [0.3, 0.4) is 0 Å². The fourth-order valence-electron chi connectivity index (χ4n) is 2.80. The molecule has 3 heterocycles. The minimum absolute atomic E-state index is 0.164. The highest BCUT2D eigenvalue weighted by molar-refractivity contribution is 7.90. The molecule has 0 atom stereocenters. The van der Waals surface area contributed by atoms with Crippen molar-refractivity contribution in [1.29, 1.82) is 0 Å². The molecular formula is C18H13N3O4S2. The molecule has 7 nitrogen and oxygen atoms in total. The average molecular weight is 399 g/mol. The van der Waals surface area contributed by atoms with Gasteiger partial charge in [0.2, 0.25) is 0 Å². The van der Waals surface area contributed by atoms with Gasteiger partial charge < -0.3 is 5.11 Å². The number of aromatic nitrogens is 2. The van der Waals surface area contributed by atoms with E-state index in [0.717, 1.165) is 3.97 Å². The summed E-state index contributed by atoms with van der Waals surface area (Å²) in [4.78, 5) is 15.2. The van der Waals surface area contributed by atoms with Crippen LogP contribution in [-0.4, -0.2) is 28.6 Å². The molecule has 9 heteroatoms. The van der Waals surface area contributed by atoms with Gasteiger partial charge in [-0.3, -0.25) is 5.32 Å². The lowest BCUT2D eigenvalue weighted by atomic mass is 10.1. The van der Waals surface area contributed by atoms with Crippen molar-refractivity contribution in [2.45, 2.75) is 4.90 Å². The number of fused-ring (bicyclic) bond motifs is 1. The molecule has 4 aromatic rings. The van der Waals surface area contributed by atoms with E-state index in [0.29, 0.717) is 27.2 Å². The van der Waals surface area contributed by atoms with E-state index in [9.17, 15) is 13.2 Å². The van der Waals surface area contributed by atoms with Gasteiger partial charge >= 0.3 is 6.09 Å². The molecule has 1 aromatic carbocycles. The Morgan fingerprint density at radius 2 is 1.93 bits per heavy atom. The summed E-state index contributed by atoms with van der Waals surface area (Å²) >= 11 is 1.22. The number of benzene rings is 1. The van der Waals surface area contributed by atoms with Crippen LogP contribution in [0.25, 0.3) is 22.2 Å². The molecule has 0 aliphatic carbocycles. The van der Waals surface area contributed by atoms with Crippen LogP contribution in [-0.2, 0) is 10.0 Å². The molecule has 4 rings (SSSR count). The van der Waals surface area contributed by atoms with Crippen molar-refractivity contribution in [3.63, 3.8) is 0 Å². The van der Waals surface area contributed by atoms with Crippen molar-refractivity contribution >= 4 is 43.5 Å². The van der Waals surface area contributed by atoms with Crippen LogP contribution in [0.4, 0.5) is 9.80 Å². The maximum absolute atomic E-state index is 13.1. The second-order valence-corrected chi connectivity index (χ2v) is 8.39. The van der Waals surface area contributed by atoms with E-state index < -0.39 is 16.1 Å². The highest BCUT2D eigenvalue weighted by atomic mass is 32.2. The number of carbonyl (C=O) groups is 1. The van der Waals surface area contributed by atoms with E-state index in [2.05, 4.69) is 10.3 Å². The Labute approximate surface area is 158 Å². The summed E-state index contributed by atoms with van der Waals surface area (Å²) in [5.41, 5.74) is 1.69. The lowest BCUT2D eigenvalue weighted by Gasteiger charge is -2.06. The van der Waals surface area contributed by atoms with Crippen molar-refractivity contribution in [2.75, 3.05) is 5.32 Å². The third kappa shape index (κ3) is 3.07. The zero-order valence-corrected chi connectivity index (χ0v) is 15.4. The number of thiophene rings is 1. The van der Waals surface area contributed by atoms with Crippen molar-refractivity contribution in [3.8, 4) is 11.1 Å². The van der Waals surface area contributed by atoms with Crippen molar-refractivity contribution in [3.05, 3.63) is 66.3 Å². The zero-order chi connectivity index (χ0) is 19.0. The number of hydrogen-bond donors (Lipinski definition) is 2. The van der Waals surface area contributed by atoms with E-state index >= 15 is 0 Å². The summed E-state index contributed by atoms with van der Waals surface area (Å²) in [5, 5.41) is 14.0. The fraction of sp³-hybridized carbons (Fsp3) is 0. The van der Waals surface area contributed by atoms with Crippen LogP contribution in [0.1, 0.15) is 0 Å². The molecule has 0 aliphatic heterocycles. The maximum atomic E-state index is 13.1. The van der Waals surface area contributed by atoms with Crippen LogP contribution < -0.4 is 5.32 Å². The van der Waals surface area contributed by atoms with Crippen LogP contribution >= 0.6 is 11.3 Å². The molecule has 27 heavy (non-hydrogen) atoms. The third-order valence-corrected chi connectivity index (χ3v) is 6.48. The van der Waals surface area contributed by atoms with Gasteiger partial charge in [-0.2, -0.15) is 0 Å². The summed E-state index contributed by atoms with van der Waals surface area (Å²) < 4.78 is 27.3. The predicted molar refractivity (Wildman–Crippen MR) is 104 cm³/mol. The topological polar surface area (TPSA) is 101 Å². The first kappa shape index (κ1) is 17.3. The number of pyridine rings is 1.